The summed E-state index contributed by atoms with van der Waals surface area (Å²) in [5.74, 6) is -0.276. The van der Waals surface area contributed by atoms with Crippen molar-refractivity contribution in [3.8, 4) is 10.6 Å². The van der Waals surface area contributed by atoms with Gasteiger partial charge in [0.15, 0.2) is 5.01 Å². The monoisotopic (exact) mass is 327 g/mol. The van der Waals surface area contributed by atoms with Gasteiger partial charge in [0, 0.05) is 17.1 Å². The van der Waals surface area contributed by atoms with Crippen molar-refractivity contribution in [2.45, 2.75) is 25.4 Å². The topological polar surface area (TPSA) is 37.8 Å². The molecule has 3 rings (SSSR count). The van der Waals surface area contributed by atoms with Crippen LogP contribution in [0, 0.1) is 5.82 Å². The fraction of sp³-hybridized carbons (Fsp3) is 0.333. The first-order valence-corrected chi connectivity index (χ1v) is 7.35. The van der Waals surface area contributed by atoms with Crippen LogP contribution >= 0.6 is 27.3 Å². The van der Waals surface area contributed by atoms with Crippen LogP contribution in [0.4, 0.5) is 4.39 Å². The summed E-state index contributed by atoms with van der Waals surface area (Å²) in [6.07, 6.45) is 2.48. The highest BCUT2D eigenvalue weighted by atomic mass is 79.9. The smallest absolute Gasteiger partial charge is 0.151 e. The lowest BCUT2D eigenvalue weighted by Gasteiger charge is -2.00. The number of aromatic nitrogens is 2. The van der Waals surface area contributed by atoms with Gasteiger partial charge < -0.3 is 5.32 Å². The molecule has 1 saturated carbocycles. The van der Waals surface area contributed by atoms with Gasteiger partial charge in [-0.15, -0.1) is 10.2 Å². The van der Waals surface area contributed by atoms with Crippen molar-refractivity contribution in [1.82, 2.24) is 15.5 Å². The number of halogens is 2. The van der Waals surface area contributed by atoms with E-state index in [-0.39, 0.29) is 5.82 Å². The van der Waals surface area contributed by atoms with E-state index >= 15 is 0 Å². The molecule has 0 unspecified atom stereocenters. The summed E-state index contributed by atoms with van der Waals surface area (Å²) in [7, 11) is 0. The number of benzene rings is 1. The molecule has 1 aliphatic rings. The van der Waals surface area contributed by atoms with E-state index < -0.39 is 0 Å². The summed E-state index contributed by atoms with van der Waals surface area (Å²) < 4.78 is 14.5. The Kier molecular flexibility index (Phi) is 3.41. The van der Waals surface area contributed by atoms with Crippen molar-refractivity contribution in [2.24, 2.45) is 0 Å². The minimum Gasteiger partial charge on any atom is -0.308 e. The third-order valence-electron chi connectivity index (χ3n) is 2.76. The molecule has 6 heteroatoms. The highest BCUT2D eigenvalue weighted by Crippen LogP contribution is 2.32. The summed E-state index contributed by atoms with van der Waals surface area (Å²) in [6.45, 7) is 0.717. The minimum atomic E-state index is -0.276. The molecule has 1 heterocycles. The predicted octanol–water partition coefficient (Wildman–Crippen LogP) is 3.36. The molecule has 3 nitrogen and oxygen atoms in total. The molecule has 1 aromatic heterocycles. The van der Waals surface area contributed by atoms with Gasteiger partial charge in [-0.1, -0.05) is 17.4 Å². The fourth-order valence-electron chi connectivity index (χ4n) is 1.65. The van der Waals surface area contributed by atoms with E-state index in [1.165, 1.54) is 30.2 Å². The van der Waals surface area contributed by atoms with Crippen LogP contribution in [0.2, 0.25) is 0 Å². The fourth-order valence-corrected chi connectivity index (χ4v) is 3.16. The Morgan fingerprint density at radius 1 is 1.39 bits per heavy atom. The zero-order valence-electron chi connectivity index (χ0n) is 9.49. The van der Waals surface area contributed by atoms with Crippen molar-refractivity contribution in [2.75, 3.05) is 0 Å². The number of rotatable bonds is 4. The highest BCUT2D eigenvalue weighted by molar-refractivity contribution is 9.10. The van der Waals surface area contributed by atoms with Crippen LogP contribution in [-0.4, -0.2) is 16.2 Å². The summed E-state index contributed by atoms with van der Waals surface area (Å²) in [6, 6.07) is 5.54. The van der Waals surface area contributed by atoms with Crippen LogP contribution in [0.15, 0.2) is 22.7 Å². The average molecular weight is 328 g/mol. The van der Waals surface area contributed by atoms with Gasteiger partial charge in [-0.05, 0) is 40.9 Å². The lowest BCUT2D eigenvalue weighted by molar-refractivity contribution is 0.630. The molecule has 18 heavy (non-hydrogen) atoms. The van der Waals surface area contributed by atoms with Gasteiger partial charge in [-0.3, -0.25) is 0 Å². The molecule has 2 aromatic rings. The van der Waals surface area contributed by atoms with Crippen LogP contribution in [0.1, 0.15) is 17.8 Å². The molecule has 0 atom stereocenters. The van der Waals surface area contributed by atoms with E-state index in [0.29, 0.717) is 27.6 Å². The van der Waals surface area contributed by atoms with Crippen LogP contribution in [-0.2, 0) is 6.54 Å². The third kappa shape index (κ3) is 2.60. The van der Waals surface area contributed by atoms with Gasteiger partial charge in [0.1, 0.15) is 10.8 Å². The van der Waals surface area contributed by atoms with Crippen LogP contribution in [0.3, 0.4) is 0 Å². The molecule has 0 amide bonds. The van der Waals surface area contributed by atoms with Crippen molar-refractivity contribution < 1.29 is 4.39 Å². The summed E-state index contributed by atoms with van der Waals surface area (Å²) in [5, 5.41) is 13.0. The molecule has 0 saturated heterocycles. The van der Waals surface area contributed by atoms with Crippen LogP contribution in [0.25, 0.3) is 10.6 Å². The molecule has 0 aliphatic heterocycles. The molecular weight excluding hydrogens is 317 g/mol. The second kappa shape index (κ2) is 5.03. The van der Waals surface area contributed by atoms with Gasteiger partial charge >= 0.3 is 0 Å². The maximum absolute atomic E-state index is 13.8. The third-order valence-corrected chi connectivity index (χ3v) is 4.36. The summed E-state index contributed by atoms with van der Waals surface area (Å²) in [5.41, 5.74) is 0.493. The van der Waals surface area contributed by atoms with Crippen LogP contribution < -0.4 is 5.32 Å². The zero-order valence-corrected chi connectivity index (χ0v) is 11.9. The van der Waals surface area contributed by atoms with E-state index in [4.69, 9.17) is 0 Å². The number of hydrogen-bond donors (Lipinski definition) is 1. The maximum Gasteiger partial charge on any atom is 0.151 e. The van der Waals surface area contributed by atoms with E-state index in [0.717, 1.165) is 5.01 Å². The Morgan fingerprint density at radius 3 is 2.94 bits per heavy atom. The normalized spacial score (nSPS) is 15.0. The molecule has 1 N–H and O–H groups in total. The average Bonchev–Trinajstić information content (AvgIpc) is 3.06. The molecule has 0 spiro atoms. The molecule has 1 aromatic carbocycles. The maximum atomic E-state index is 13.8. The molecule has 1 aliphatic carbocycles. The Hall–Kier alpha value is -0.850. The largest absolute Gasteiger partial charge is 0.308 e. The van der Waals surface area contributed by atoms with Crippen molar-refractivity contribution in [1.29, 1.82) is 0 Å². The van der Waals surface area contributed by atoms with E-state index in [2.05, 4.69) is 31.4 Å². The Bertz CT molecular complexity index is 548. The molecule has 0 bridgehead atoms. The molecule has 1 fully saturated rings. The second-order valence-corrected chi connectivity index (χ2v) is 6.17. The lowest BCUT2D eigenvalue weighted by Crippen LogP contribution is -2.14. The summed E-state index contributed by atoms with van der Waals surface area (Å²) in [4.78, 5) is 0. The van der Waals surface area contributed by atoms with Crippen LogP contribution in [0.5, 0.6) is 0 Å². The van der Waals surface area contributed by atoms with Gasteiger partial charge in [0.05, 0.1) is 5.56 Å². The van der Waals surface area contributed by atoms with Gasteiger partial charge in [-0.25, -0.2) is 4.39 Å². The van der Waals surface area contributed by atoms with E-state index in [9.17, 15) is 4.39 Å². The van der Waals surface area contributed by atoms with Crippen molar-refractivity contribution in [3.63, 3.8) is 0 Å². The predicted molar refractivity (Wildman–Crippen MR) is 72.9 cm³/mol. The quantitative estimate of drug-likeness (QED) is 0.935. The second-order valence-electron chi connectivity index (χ2n) is 4.25. The molecule has 0 radical (unpaired) electrons. The lowest BCUT2D eigenvalue weighted by atomic mass is 10.2. The molecular formula is C12H11BrFN3S. The van der Waals surface area contributed by atoms with Crippen molar-refractivity contribution >= 4 is 27.3 Å². The van der Waals surface area contributed by atoms with Gasteiger partial charge in [0.2, 0.25) is 0 Å². The van der Waals surface area contributed by atoms with E-state index in [1.807, 2.05) is 6.07 Å². The Morgan fingerprint density at radius 2 is 2.22 bits per heavy atom. The minimum absolute atomic E-state index is 0.276. The summed E-state index contributed by atoms with van der Waals surface area (Å²) >= 11 is 4.78. The first-order valence-electron chi connectivity index (χ1n) is 5.74. The number of hydrogen-bond acceptors (Lipinski definition) is 4. The number of nitrogens with one attached hydrogen (secondary N) is 1. The van der Waals surface area contributed by atoms with Gasteiger partial charge in [0.25, 0.3) is 0 Å². The number of nitrogens with zero attached hydrogens (tertiary/aromatic N) is 2. The Labute approximate surface area is 117 Å². The first kappa shape index (κ1) is 12.2. The Balaban J connectivity index is 1.83. The first-order chi connectivity index (χ1) is 8.74. The standard InChI is InChI=1S/C12H11BrFN3S/c13-8-2-1-3-9(14)11(8)12-17-16-10(18-12)6-15-7-4-5-7/h1-3,7,15H,4-6H2. The molecule has 94 valence electrons. The zero-order chi connectivity index (χ0) is 12.5. The SMILES string of the molecule is Fc1cccc(Br)c1-c1nnc(CNC2CC2)s1. The van der Waals surface area contributed by atoms with Crippen molar-refractivity contribution in [3.05, 3.63) is 33.5 Å². The van der Waals surface area contributed by atoms with E-state index in [1.54, 1.807) is 6.07 Å². The van der Waals surface area contributed by atoms with Gasteiger partial charge in [-0.2, -0.15) is 0 Å². The highest BCUT2D eigenvalue weighted by Gasteiger charge is 2.21.